The normalized spacial score (nSPS) is 12.7. The number of rotatable bonds is 41. The van der Waals surface area contributed by atoms with Crippen molar-refractivity contribution in [2.45, 2.75) is 219 Å². The van der Waals surface area contributed by atoms with Gasteiger partial charge in [-0.15, -0.1) is 0 Å². The van der Waals surface area contributed by atoms with Crippen molar-refractivity contribution in [1.29, 1.82) is 0 Å². The minimum atomic E-state index is -0.540. The molecule has 1 atom stereocenters. The van der Waals surface area contributed by atoms with Crippen molar-refractivity contribution in [2.75, 3.05) is 19.8 Å². The molecule has 0 aliphatic heterocycles. The third-order valence-electron chi connectivity index (χ3n) is 9.54. The number of carbonyl (C=O) groups excluding carboxylic acids is 2. The molecule has 0 aromatic rings. The summed E-state index contributed by atoms with van der Waals surface area (Å²) in [7, 11) is 0. The van der Waals surface area contributed by atoms with Gasteiger partial charge in [-0.2, -0.15) is 0 Å². The molecule has 0 bridgehead atoms. The first-order valence-corrected chi connectivity index (χ1v) is 22.8. The SMILES string of the molecule is CC/C=C\C/C=C\C/C=C\C/C=C\CCCCCCCCCOCC(COC(=O)CCCCCCC/C=C\CCCC)OC(=O)CCCCCCCCC. The lowest BCUT2D eigenvalue weighted by molar-refractivity contribution is -0.163. The lowest BCUT2D eigenvalue weighted by Crippen LogP contribution is -2.30. The molecular weight excluding hydrogens is 669 g/mol. The van der Waals surface area contributed by atoms with Crippen LogP contribution in [0, 0.1) is 0 Å². The Kier molecular flexibility index (Phi) is 43.0. The van der Waals surface area contributed by atoms with Crippen LogP contribution in [0.2, 0.25) is 0 Å². The highest BCUT2D eigenvalue weighted by Gasteiger charge is 2.17. The van der Waals surface area contributed by atoms with Crippen LogP contribution >= 0.6 is 0 Å². The summed E-state index contributed by atoms with van der Waals surface area (Å²) >= 11 is 0. The van der Waals surface area contributed by atoms with Crippen LogP contribution in [0.25, 0.3) is 0 Å². The van der Waals surface area contributed by atoms with Crippen molar-refractivity contribution in [3.63, 3.8) is 0 Å². The van der Waals surface area contributed by atoms with Gasteiger partial charge in [-0.1, -0.05) is 184 Å². The molecule has 0 aromatic heterocycles. The summed E-state index contributed by atoms with van der Waals surface area (Å²) in [6, 6.07) is 0. The lowest BCUT2D eigenvalue weighted by atomic mass is 10.1. The van der Waals surface area contributed by atoms with Crippen molar-refractivity contribution in [3.8, 4) is 0 Å². The van der Waals surface area contributed by atoms with Gasteiger partial charge in [0, 0.05) is 19.4 Å². The maximum Gasteiger partial charge on any atom is 0.306 e. The first-order chi connectivity index (χ1) is 26.6. The Hall–Kier alpha value is -2.40. The fourth-order valence-corrected chi connectivity index (χ4v) is 6.13. The third-order valence-corrected chi connectivity index (χ3v) is 9.54. The van der Waals surface area contributed by atoms with E-state index in [-0.39, 0.29) is 25.2 Å². The molecule has 0 aliphatic carbocycles. The number of hydrogen-bond acceptors (Lipinski definition) is 5. The van der Waals surface area contributed by atoms with Crippen LogP contribution in [0.15, 0.2) is 60.8 Å². The number of carbonyl (C=O) groups is 2. The second kappa shape index (κ2) is 45.0. The molecule has 5 nitrogen and oxygen atoms in total. The Morgan fingerprint density at radius 1 is 0.426 bits per heavy atom. The molecule has 0 fully saturated rings. The largest absolute Gasteiger partial charge is 0.462 e. The average Bonchev–Trinajstić information content (AvgIpc) is 3.17. The zero-order valence-corrected chi connectivity index (χ0v) is 35.7. The van der Waals surface area contributed by atoms with Gasteiger partial charge < -0.3 is 14.2 Å². The molecule has 0 N–H and O–H groups in total. The quantitative estimate of drug-likeness (QED) is 0.0353. The monoisotopic (exact) mass is 755 g/mol. The van der Waals surface area contributed by atoms with Crippen LogP contribution in [0.3, 0.4) is 0 Å². The van der Waals surface area contributed by atoms with E-state index in [1.165, 1.54) is 103 Å². The Balaban J connectivity index is 4.14. The average molecular weight is 755 g/mol. The van der Waals surface area contributed by atoms with Gasteiger partial charge in [0.05, 0.1) is 6.61 Å². The van der Waals surface area contributed by atoms with Crippen molar-refractivity contribution in [1.82, 2.24) is 0 Å². The smallest absolute Gasteiger partial charge is 0.306 e. The summed E-state index contributed by atoms with van der Waals surface area (Å²) in [6.07, 6.45) is 55.2. The van der Waals surface area contributed by atoms with Crippen molar-refractivity contribution >= 4 is 11.9 Å². The van der Waals surface area contributed by atoms with Crippen molar-refractivity contribution in [3.05, 3.63) is 60.8 Å². The molecule has 0 saturated heterocycles. The zero-order chi connectivity index (χ0) is 39.3. The van der Waals surface area contributed by atoms with E-state index in [9.17, 15) is 9.59 Å². The minimum absolute atomic E-state index is 0.0763. The van der Waals surface area contributed by atoms with E-state index in [1.807, 2.05) is 0 Å². The Morgan fingerprint density at radius 2 is 0.852 bits per heavy atom. The van der Waals surface area contributed by atoms with Crippen LogP contribution in [-0.4, -0.2) is 37.9 Å². The second-order valence-electron chi connectivity index (χ2n) is 14.9. The fraction of sp³-hybridized carbons (Fsp3) is 0.755. The Labute approximate surface area is 334 Å². The standard InChI is InChI=1S/C49H86O5/c1-4-7-10-13-16-18-20-21-22-23-24-25-26-27-28-30-32-35-38-41-44-52-45-47(54-49(51)43-40-37-33-15-12-9-6-3)46-53-48(50)42-39-36-34-31-29-19-17-14-11-8-5-2/h7,10,14,16-18,21-22,24-25,47H,4-6,8-9,11-13,15,19-20,23,26-46H2,1-3H3/b10-7-,17-14-,18-16-,22-21-,25-24-. The summed E-state index contributed by atoms with van der Waals surface area (Å²) in [5.74, 6) is -0.421. The summed E-state index contributed by atoms with van der Waals surface area (Å²) < 4.78 is 17.2. The van der Waals surface area contributed by atoms with Gasteiger partial charge in [0.1, 0.15) is 6.61 Å². The molecule has 1 unspecified atom stereocenters. The predicted molar refractivity (Wildman–Crippen MR) is 233 cm³/mol. The van der Waals surface area contributed by atoms with Crippen LogP contribution in [0.5, 0.6) is 0 Å². The number of hydrogen-bond donors (Lipinski definition) is 0. The highest BCUT2D eigenvalue weighted by molar-refractivity contribution is 5.70. The van der Waals surface area contributed by atoms with Gasteiger partial charge >= 0.3 is 11.9 Å². The molecule has 0 aromatic carbocycles. The lowest BCUT2D eigenvalue weighted by Gasteiger charge is -2.18. The summed E-state index contributed by atoms with van der Waals surface area (Å²) in [6.45, 7) is 7.61. The minimum Gasteiger partial charge on any atom is -0.462 e. The Bertz CT molecular complexity index is 946. The molecule has 0 saturated carbocycles. The molecule has 0 heterocycles. The van der Waals surface area contributed by atoms with E-state index in [0.717, 1.165) is 77.0 Å². The predicted octanol–water partition coefficient (Wildman–Crippen LogP) is 15.0. The van der Waals surface area contributed by atoms with E-state index in [0.29, 0.717) is 19.4 Å². The van der Waals surface area contributed by atoms with Gasteiger partial charge in [-0.3, -0.25) is 9.59 Å². The van der Waals surface area contributed by atoms with Gasteiger partial charge in [0.2, 0.25) is 0 Å². The molecule has 312 valence electrons. The van der Waals surface area contributed by atoms with Crippen LogP contribution in [0.4, 0.5) is 0 Å². The fourth-order valence-electron chi connectivity index (χ4n) is 6.13. The molecule has 0 amide bonds. The first kappa shape index (κ1) is 51.6. The maximum absolute atomic E-state index is 12.6. The molecular formula is C49H86O5. The van der Waals surface area contributed by atoms with Gasteiger partial charge in [0.15, 0.2) is 6.10 Å². The number of ether oxygens (including phenoxy) is 3. The Morgan fingerprint density at radius 3 is 1.41 bits per heavy atom. The number of allylic oxidation sites excluding steroid dienone is 10. The van der Waals surface area contributed by atoms with Gasteiger partial charge in [-0.25, -0.2) is 0 Å². The van der Waals surface area contributed by atoms with Crippen LogP contribution < -0.4 is 0 Å². The van der Waals surface area contributed by atoms with E-state index < -0.39 is 6.10 Å². The summed E-state index contributed by atoms with van der Waals surface area (Å²) in [5, 5.41) is 0. The second-order valence-corrected chi connectivity index (χ2v) is 14.9. The number of esters is 2. The summed E-state index contributed by atoms with van der Waals surface area (Å²) in [4.78, 5) is 25.1. The van der Waals surface area contributed by atoms with Gasteiger partial charge in [0.25, 0.3) is 0 Å². The highest BCUT2D eigenvalue weighted by atomic mass is 16.6. The zero-order valence-electron chi connectivity index (χ0n) is 35.7. The highest BCUT2D eigenvalue weighted by Crippen LogP contribution is 2.13. The van der Waals surface area contributed by atoms with E-state index >= 15 is 0 Å². The van der Waals surface area contributed by atoms with Crippen molar-refractivity contribution < 1.29 is 23.8 Å². The molecule has 0 aliphatic rings. The molecule has 54 heavy (non-hydrogen) atoms. The number of unbranched alkanes of at least 4 members (excludes halogenated alkanes) is 20. The topological polar surface area (TPSA) is 61.8 Å². The van der Waals surface area contributed by atoms with Gasteiger partial charge in [-0.05, 0) is 77.0 Å². The molecule has 0 rings (SSSR count). The third kappa shape index (κ3) is 42.3. The molecule has 0 radical (unpaired) electrons. The van der Waals surface area contributed by atoms with E-state index in [2.05, 4.69) is 81.5 Å². The van der Waals surface area contributed by atoms with Crippen LogP contribution in [-0.2, 0) is 23.8 Å². The maximum atomic E-state index is 12.6. The first-order valence-electron chi connectivity index (χ1n) is 22.8. The molecule has 5 heteroatoms. The summed E-state index contributed by atoms with van der Waals surface area (Å²) in [5.41, 5.74) is 0. The van der Waals surface area contributed by atoms with Crippen LogP contribution in [0.1, 0.15) is 213 Å². The van der Waals surface area contributed by atoms with Crippen molar-refractivity contribution in [2.24, 2.45) is 0 Å². The van der Waals surface area contributed by atoms with E-state index in [1.54, 1.807) is 0 Å². The van der Waals surface area contributed by atoms with E-state index in [4.69, 9.17) is 14.2 Å². The molecule has 0 spiro atoms.